The minimum absolute atomic E-state index is 0.0794. The molecule has 0 radical (unpaired) electrons. The molecule has 0 spiro atoms. The molecular weight excluding hydrogens is 214 g/mol. The smallest absolute Gasteiger partial charge is 0.153 e. The van der Waals surface area contributed by atoms with Crippen molar-refractivity contribution in [3.63, 3.8) is 0 Å². The first-order valence-electron chi connectivity index (χ1n) is 5.88. The topological polar surface area (TPSA) is 52.3 Å². The van der Waals surface area contributed by atoms with Gasteiger partial charge in [0.25, 0.3) is 0 Å². The van der Waals surface area contributed by atoms with E-state index < -0.39 is 6.04 Å². The van der Waals surface area contributed by atoms with Crippen LogP contribution in [0.5, 0.6) is 0 Å². The fraction of sp³-hybridized carbons (Fsp3) is 0.500. The number of hydrogen-bond acceptors (Lipinski definition) is 3. The Morgan fingerprint density at radius 2 is 2.12 bits per heavy atom. The standard InChI is InChI=1S/C14H21NO2/c1-10-4-5-11(2)12(8-10)9-14(16)13(15)6-7-17-3/h4-5,8,13H,6-7,9,15H2,1-3H3. The molecule has 3 nitrogen and oxygen atoms in total. The summed E-state index contributed by atoms with van der Waals surface area (Å²) in [5, 5.41) is 0. The van der Waals surface area contributed by atoms with Gasteiger partial charge in [0.1, 0.15) is 0 Å². The van der Waals surface area contributed by atoms with Crippen LogP contribution in [0.25, 0.3) is 0 Å². The third-order valence-corrected chi connectivity index (χ3v) is 2.92. The number of Topliss-reactive ketones (excluding diaryl/α,β-unsaturated/α-hetero) is 1. The normalized spacial score (nSPS) is 12.5. The maximum atomic E-state index is 11.9. The number of ketones is 1. The van der Waals surface area contributed by atoms with Crippen LogP contribution in [0.1, 0.15) is 23.1 Å². The molecule has 0 aliphatic carbocycles. The van der Waals surface area contributed by atoms with Crippen molar-refractivity contribution in [1.29, 1.82) is 0 Å². The molecule has 1 aromatic carbocycles. The second kappa shape index (κ2) is 6.52. The molecule has 0 saturated carbocycles. The Labute approximate surface area is 103 Å². The molecule has 94 valence electrons. The Morgan fingerprint density at radius 3 is 2.76 bits per heavy atom. The van der Waals surface area contributed by atoms with Crippen molar-refractivity contribution in [2.45, 2.75) is 32.7 Å². The van der Waals surface area contributed by atoms with E-state index in [0.29, 0.717) is 19.4 Å². The predicted octanol–water partition coefficient (Wildman–Crippen LogP) is 1.78. The molecule has 0 aliphatic rings. The second-order valence-electron chi connectivity index (χ2n) is 4.46. The van der Waals surface area contributed by atoms with Gasteiger partial charge in [-0.05, 0) is 31.4 Å². The Hall–Kier alpha value is -1.19. The van der Waals surface area contributed by atoms with Gasteiger partial charge in [-0.25, -0.2) is 0 Å². The molecule has 17 heavy (non-hydrogen) atoms. The highest BCUT2D eigenvalue weighted by molar-refractivity contribution is 5.86. The molecule has 1 aromatic rings. The van der Waals surface area contributed by atoms with Gasteiger partial charge >= 0.3 is 0 Å². The molecule has 0 bridgehead atoms. The summed E-state index contributed by atoms with van der Waals surface area (Å²) < 4.78 is 4.92. The lowest BCUT2D eigenvalue weighted by Gasteiger charge is -2.11. The molecule has 1 unspecified atom stereocenters. The van der Waals surface area contributed by atoms with Crippen molar-refractivity contribution in [3.05, 3.63) is 34.9 Å². The number of ether oxygens (including phenoxy) is 1. The summed E-state index contributed by atoms with van der Waals surface area (Å²) in [4.78, 5) is 11.9. The second-order valence-corrected chi connectivity index (χ2v) is 4.46. The van der Waals surface area contributed by atoms with Crippen molar-refractivity contribution in [2.24, 2.45) is 5.73 Å². The minimum Gasteiger partial charge on any atom is -0.385 e. The molecular formula is C14H21NO2. The summed E-state index contributed by atoms with van der Waals surface area (Å²) in [5.41, 5.74) is 9.19. The molecule has 0 amide bonds. The van der Waals surface area contributed by atoms with Crippen LogP contribution in [0, 0.1) is 13.8 Å². The number of hydrogen-bond donors (Lipinski definition) is 1. The van der Waals surface area contributed by atoms with Crippen LogP contribution in [0.2, 0.25) is 0 Å². The average Bonchev–Trinajstić information content (AvgIpc) is 2.30. The van der Waals surface area contributed by atoms with Crippen molar-refractivity contribution in [3.8, 4) is 0 Å². The van der Waals surface area contributed by atoms with Gasteiger partial charge in [-0.3, -0.25) is 4.79 Å². The van der Waals surface area contributed by atoms with Crippen LogP contribution in [-0.2, 0) is 16.0 Å². The molecule has 0 saturated heterocycles. The van der Waals surface area contributed by atoms with E-state index >= 15 is 0 Å². The van der Waals surface area contributed by atoms with Gasteiger partial charge < -0.3 is 10.5 Å². The summed E-state index contributed by atoms with van der Waals surface area (Å²) in [6.45, 7) is 4.57. The first-order chi connectivity index (χ1) is 8.04. The number of aryl methyl sites for hydroxylation is 2. The average molecular weight is 235 g/mol. The monoisotopic (exact) mass is 235 g/mol. The van der Waals surface area contributed by atoms with Gasteiger partial charge in [0, 0.05) is 20.1 Å². The zero-order chi connectivity index (χ0) is 12.8. The predicted molar refractivity (Wildman–Crippen MR) is 69.1 cm³/mol. The molecule has 0 fully saturated rings. The summed E-state index contributed by atoms with van der Waals surface area (Å²) in [6, 6.07) is 5.72. The lowest BCUT2D eigenvalue weighted by atomic mass is 9.97. The number of carbonyl (C=O) groups excluding carboxylic acids is 1. The maximum absolute atomic E-state index is 11.9. The highest BCUT2D eigenvalue weighted by atomic mass is 16.5. The molecule has 1 rings (SSSR count). The van der Waals surface area contributed by atoms with E-state index in [-0.39, 0.29) is 5.78 Å². The van der Waals surface area contributed by atoms with Gasteiger partial charge in [0.15, 0.2) is 5.78 Å². The molecule has 3 heteroatoms. The van der Waals surface area contributed by atoms with E-state index in [1.165, 1.54) is 5.56 Å². The van der Waals surface area contributed by atoms with Crippen LogP contribution >= 0.6 is 0 Å². The first kappa shape index (κ1) is 13.9. The zero-order valence-corrected chi connectivity index (χ0v) is 10.8. The number of methoxy groups -OCH3 is 1. The van der Waals surface area contributed by atoms with Crippen LogP contribution in [0.15, 0.2) is 18.2 Å². The van der Waals surface area contributed by atoms with Gasteiger partial charge in [-0.15, -0.1) is 0 Å². The summed E-state index contributed by atoms with van der Waals surface area (Å²) in [5.74, 6) is 0.0794. The molecule has 0 aliphatic heterocycles. The van der Waals surface area contributed by atoms with E-state index in [1.54, 1.807) is 7.11 Å². The van der Waals surface area contributed by atoms with E-state index in [1.807, 2.05) is 26.0 Å². The zero-order valence-electron chi connectivity index (χ0n) is 10.8. The quantitative estimate of drug-likeness (QED) is 0.817. The SMILES string of the molecule is COCCC(N)C(=O)Cc1cc(C)ccc1C. The lowest BCUT2D eigenvalue weighted by molar-refractivity contribution is -0.120. The van der Waals surface area contributed by atoms with Crippen LogP contribution in [-0.4, -0.2) is 25.5 Å². The van der Waals surface area contributed by atoms with E-state index in [4.69, 9.17) is 10.5 Å². The minimum atomic E-state index is -0.421. The Kier molecular flexibility index (Phi) is 5.32. The lowest BCUT2D eigenvalue weighted by Crippen LogP contribution is -2.33. The number of nitrogens with two attached hydrogens (primary N) is 1. The Balaban J connectivity index is 2.64. The largest absolute Gasteiger partial charge is 0.385 e. The van der Waals surface area contributed by atoms with E-state index in [9.17, 15) is 4.79 Å². The van der Waals surface area contributed by atoms with Gasteiger partial charge in [0.2, 0.25) is 0 Å². The third kappa shape index (κ3) is 4.29. The third-order valence-electron chi connectivity index (χ3n) is 2.92. The van der Waals surface area contributed by atoms with Gasteiger partial charge in [-0.1, -0.05) is 23.8 Å². The Morgan fingerprint density at radius 1 is 1.41 bits per heavy atom. The van der Waals surface area contributed by atoms with Crippen LogP contribution < -0.4 is 5.73 Å². The summed E-state index contributed by atoms with van der Waals surface area (Å²) in [7, 11) is 1.61. The highest BCUT2D eigenvalue weighted by Crippen LogP contribution is 2.12. The molecule has 1 atom stereocenters. The van der Waals surface area contributed by atoms with Gasteiger partial charge in [0.05, 0.1) is 6.04 Å². The molecule has 0 heterocycles. The molecule has 0 aromatic heterocycles. The number of benzene rings is 1. The maximum Gasteiger partial charge on any atom is 0.153 e. The van der Waals surface area contributed by atoms with E-state index in [2.05, 4.69) is 6.07 Å². The number of rotatable bonds is 6. The van der Waals surface area contributed by atoms with Crippen molar-refractivity contribution < 1.29 is 9.53 Å². The van der Waals surface area contributed by atoms with Crippen molar-refractivity contribution >= 4 is 5.78 Å². The number of carbonyl (C=O) groups is 1. The summed E-state index contributed by atoms with van der Waals surface area (Å²) in [6.07, 6.45) is 0.999. The van der Waals surface area contributed by atoms with Crippen LogP contribution in [0.4, 0.5) is 0 Å². The fourth-order valence-corrected chi connectivity index (χ4v) is 1.72. The van der Waals surface area contributed by atoms with Crippen LogP contribution in [0.3, 0.4) is 0 Å². The van der Waals surface area contributed by atoms with Crippen molar-refractivity contribution in [2.75, 3.05) is 13.7 Å². The first-order valence-corrected chi connectivity index (χ1v) is 5.88. The van der Waals surface area contributed by atoms with E-state index in [0.717, 1.165) is 11.1 Å². The summed E-state index contributed by atoms with van der Waals surface area (Å²) >= 11 is 0. The van der Waals surface area contributed by atoms with Gasteiger partial charge in [-0.2, -0.15) is 0 Å². The highest BCUT2D eigenvalue weighted by Gasteiger charge is 2.14. The Bertz CT molecular complexity index is 388. The molecule has 2 N–H and O–H groups in total. The fourth-order valence-electron chi connectivity index (χ4n) is 1.72. The van der Waals surface area contributed by atoms with Crippen molar-refractivity contribution in [1.82, 2.24) is 0 Å².